The van der Waals surface area contributed by atoms with Crippen LogP contribution in [-0.2, 0) is 14.3 Å². The first-order valence-electron chi connectivity index (χ1n) is 10.9. The standard InChI is InChI=1S/C24H35NO4/c1-14(2)11-20-22-17(5)16(4)13-18-12-15(3)9-10-19(26)7-6-8-21(27)29-24(18,22)23(28)25-20/h6,8,12-14,17-20,22,26H,7,9-11H2,1-5H3,(H,25,28)/b8-6-,15-12-/t17-,18+,19+,20+,22+,24-/m1/s1. The minimum Gasteiger partial charge on any atom is -0.444 e. The van der Waals surface area contributed by atoms with E-state index in [1.165, 1.54) is 11.6 Å². The predicted octanol–water partition coefficient (Wildman–Crippen LogP) is 3.69. The van der Waals surface area contributed by atoms with Crippen molar-refractivity contribution in [3.05, 3.63) is 35.5 Å². The fourth-order valence-electron chi connectivity index (χ4n) is 5.25. The third-order valence-corrected chi connectivity index (χ3v) is 6.79. The number of nitrogens with one attached hydrogen (secondary N) is 1. The minimum absolute atomic E-state index is 0.0242. The predicted molar refractivity (Wildman–Crippen MR) is 113 cm³/mol. The van der Waals surface area contributed by atoms with Crippen LogP contribution in [0.5, 0.6) is 0 Å². The molecule has 6 atom stereocenters. The van der Waals surface area contributed by atoms with Gasteiger partial charge in [-0.05, 0) is 51.4 Å². The maximum Gasteiger partial charge on any atom is 0.331 e. The van der Waals surface area contributed by atoms with E-state index >= 15 is 0 Å². The minimum atomic E-state index is -1.22. The van der Waals surface area contributed by atoms with Gasteiger partial charge in [-0.1, -0.05) is 50.1 Å². The summed E-state index contributed by atoms with van der Waals surface area (Å²) in [5.41, 5.74) is 1.11. The van der Waals surface area contributed by atoms with Gasteiger partial charge in [0, 0.05) is 24.0 Å². The van der Waals surface area contributed by atoms with Crippen LogP contribution >= 0.6 is 0 Å². The molecule has 1 amide bonds. The number of hydrogen-bond donors (Lipinski definition) is 2. The molecule has 29 heavy (non-hydrogen) atoms. The Bertz CT molecular complexity index is 750. The number of aliphatic hydroxyl groups excluding tert-OH is 1. The Morgan fingerprint density at radius 2 is 2.00 bits per heavy atom. The van der Waals surface area contributed by atoms with Gasteiger partial charge in [-0.2, -0.15) is 0 Å². The van der Waals surface area contributed by atoms with Gasteiger partial charge >= 0.3 is 5.97 Å². The van der Waals surface area contributed by atoms with Crippen LogP contribution in [0.25, 0.3) is 0 Å². The number of amides is 1. The first-order valence-corrected chi connectivity index (χ1v) is 10.9. The molecule has 5 heteroatoms. The van der Waals surface area contributed by atoms with Crippen LogP contribution in [0.2, 0.25) is 0 Å². The van der Waals surface area contributed by atoms with Crippen LogP contribution in [0.15, 0.2) is 35.5 Å². The van der Waals surface area contributed by atoms with Crippen molar-refractivity contribution in [1.82, 2.24) is 5.32 Å². The number of hydrogen-bond acceptors (Lipinski definition) is 4. The van der Waals surface area contributed by atoms with Gasteiger partial charge in [0.2, 0.25) is 5.60 Å². The number of allylic oxidation sites excluding steroid dienone is 2. The first kappa shape index (κ1) is 21.8. The highest BCUT2D eigenvalue weighted by Gasteiger charge is 2.64. The number of rotatable bonds is 2. The SMILES string of the molecule is CC1=C[C@@H]2/C=C(/C)CC[C@@H](O)C/C=C\C(=O)O[C@]23C(=O)N[C@@H](CC(C)C)[C@@H]3[C@@H]1C. The number of ether oxygens (including phenoxy) is 1. The molecule has 2 heterocycles. The van der Waals surface area contributed by atoms with Crippen LogP contribution < -0.4 is 5.32 Å². The van der Waals surface area contributed by atoms with Crippen molar-refractivity contribution < 1.29 is 19.4 Å². The van der Waals surface area contributed by atoms with Gasteiger partial charge in [-0.25, -0.2) is 4.79 Å². The average molecular weight is 402 g/mol. The molecule has 1 fully saturated rings. The van der Waals surface area contributed by atoms with Gasteiger partial charge in [0.25, 0.3) is 5.91 Å². The molecule has 3 aliphatic rings. The van der Waals surface area contributed by atoms with E-state index in [9.17, 15) is 14.7 Å². The highest BCUT2D eigenvalue weighted by atomic mass is 16.6. The molecule has 2 N–H and O–H groups in total. The Kier molecular flexibility index (Phi) is 6.37. The molecule has 1 aliphatic carbocycles. The highest BCUT2D eigenvalue weighted by Crippen LogP contribution is 2.50. The van der Waals surface area contributed by atoms with Crippen molar-refractivity contribution in [2.24, 2.45) is 23.7 Å². The second-order valence-corrected chi connectivity index (χ2v) is 9.52. The van der Waals surface area contributed by atoms with Gasteiger partial charge in [0.1, 0.15) is 0 Å². The van der Waals surface area contributed by atoms with Crippen molar-refractivity contribution in [1.29, 1.82) is 0 Å². The molecular formula is C24H35NO4. The fraction of sp³-hybridized carbons (Fsp3) is 0.667. The quantitative estimate of drug-likeness (QED) is 0.547. The lowest BCUT2D eigenvalue weighted by Gasteiger charge is -2.45. The lowest BCUT2D eigenvalue weighted by molar-refractivity contribution is -0.172. The van der Waals surface area contributed by atoms with E-state index in [-0.39, 0.29) is 29.7 Å². The van der Waals surface area contributed by atoms with Crippen LogP contribution in [0, 0.1) is 23.7 Å². The molecule has 0 aromatic carbocycles. The molecule has 1 saturated heterocycles. The van der Waals surface area contributed by atoms with E-state index in [2.05, 4.69) is 45.2 Å². The lowest BCUT2D eigenvalue weighted by atomic mass is 9.63. The topological polar surface area (TPSA) is 75.6 Å². The van der Waals surface area contributed by atoms with Crippen molar-refractivity contribution >= 4 is 11.9 Å². The van der Waals surface area contributed by atoms with Crippen LogP contribution in [0.3, 0.4) is 0 Å². The lowest BCUT2D eigenvalue weighted by Crippen LogP contribution is -2.56. The molecular weight excluding hydrogens is 366 g/mol. The second-order valence-electron chi connectivity index (χ2n) is 9.52. The van der Waals surface area contributed by atoms with Crippen LogP contribution in [-0.4, -0.2) is 34.7 Å². The number of esters is 1. The van der Waals surface area contributed by atoms with E-state index in [1.54, 1.807) is 6.08 Å². The molecule has 160 valence electrons. The normalized spacial score (nSPS) is 41.0. The van der Waals surface area contributed by atoms with E-state index < -0.39 is 17.7 Å². The highest BCUT2D eigenvalue weighted by molar-refractivity contribution is 5.94. The Hall–Kier alpha value is -1.88. The summed E-state index contributed by atoms with van der Waals surface area (Å²) in [4.78, 5) is 26.1. The maximum absolute atomic E-state index is 13.4. The van der Waals surface area contributed by atoms with E-state index in [4.69, 9.17) is 4.74 Å². The Labute approximate surface area is 174 Å². The Balaban J connectivity index is 2.12. The summed E-state index contributed by atoms with van der Waals surface area (Å²) in [5, 5.41) is 13.3. The van der Waals surface area contributed by atoms with Crippen molar-refractivity contribution in [2.45, 2.75) is 78.0 Å². The van der Waals surface area contributed by atoms with Gasteiger partial charge in [-0.3, -0.25) is 4.79 Å². The van der Waals surface area contributed by atoms with Gasteiger partial charge < -0.3 is 15.2 Å². The van der Waals surface area contributed by atoms with Gasteiger partial charge in [-0.15, -0.1) is 0 Å². The molecule has 0 bridgehead atoms. The fourth-order valence-corrected chi connectivity index (χ4v) is 5.25. The summed E-state index contributed by atoms with van der Waals surface area (Å²) in [6.07, 6.45) is 9.34. The molecule has 0 saturated carbocycles. The smallest absolute Gasteiger partial charge is 0.331 e. The summed E-state index contributed by atoms with van der Waals surface area (Å²) in [6, 6.07) is -0.0242. The zero-order valence-corrected chi connectivity index (χ0v) is 18.3. The zero-order chi connectivity index (χ0) is 21.3. The summed E-state index contributed by atoms with van der Waals surface area (Å²) in [7, 11) is 0. The Morgan fingerprint density at radius 1 is 1.28 bits per heavy atom. The van der Waals surface area contributed by atoms with Gasteiger partial charge in [0.15, 0.2) is 0 Å². The molecule has 0 unspecified atom stereocenters. The number of carbonyl (C=O) groups is 2. The summed E-state index contributed by atoms with van der Waals surface area (Å²) >= 11 is 0. The van der Waals surface area contributed by atoms with Gasteiger partial charge in [0.05, 0.1) is 6.10 Å². The molecule has 5 nitrogen and oxygen atoms in total. The summed E-state index contributed by atoms with van der Waals surface area (Å²) < 4.78 is 6.06. The molecule has 2 aliphatic heterocycles. The zero-order valence-electron chi connectivity index (χ0n) is 18.3. The average Bonchev–Trinajstić information content (AvgIpc) is 2.89. The third-order valence-electron chi connectivity index (χ3n) is 6.79. The van der Waals surface area contributed by atoms with E-state index in [0.29, 0.717) is 18.8 Å². The molecule has 3 rings (SSSR count). The maximum atomic E-state index is 13.4. The molecule has 1 spiro atoms. The van der Waals surface area contributed by atoms with Crippen molar-refractivity contribution in [2.75, 3.05) is 0 Å². The van der Waals surface area contributed by atoms with Crippen LogP contribution in [0.4, 0.5) is 0 Å². The number of carbonyl (C=O) groups excluding carboxylic acids is 2. The molecule has 0 aromatic heterocycles. The summed E-state index contributed by atoms with van der Waals surface area (Å²) in [6.45, 7) is 10.6. The Morgan fingerprint density at radius 3 is 2.69 bits per heavy atom. The van der Waals surface area contributed by atoms with Crippen molar-refractivity contribution in [3.63, 3.8) is 0 Å². The number of aliphatic hydroxyl groups is 1. The van der Waals surface area contributed by atoms with E-state index in [0.717, 1.165) is 18.4 Å². The largest absolute Gasteiger partial charge is 0.444 e. The van der Waals surface area contributed by atoms with Crippen LogP contribution in [0.1, 0.15) is 60.3 Å². The monoisotopic (exact) mass is 401 g/mol. The third kappa shape index (κ3) is 4.20. The van der Waals surface area contributed by atoms with Crippen molar-refractivity contribution in [3.8, 4) is 0 Å². The molecule has 0 radical (unpaired) electrons. The summed E-state index contributed by atoms with van der Waals surface area (Å²) in [5.74, 6) is -0.560. The first-order chi connectivity index (χ1) is 13.6. The van der Waals surface area contributed by atoms with E-state index in [1.807, 2.05) is 6.92 Å². The second kappa shape index (κ2) is 8.47. The molecule has 0 aromatic rings.